The predicted octanol–water partition coefficient (Wildman–Crippen LogP) is 6.19. The molecule has 1 fully saturated rings. The van der Waals surface area contributed by atoms with Crippen LogP contribution < -0.4 is 10.6 Å². The van der Waals surface area contributed by atoms with E-state index >= 15 is 0 Å². The van der Waals surface area contributed by atoms with Crippen molar-refractivity contribution in [2.24, 2.45) is 0 Å². The lowest BCUT2D eigenvalue weighted by Crippen LogP contribution is -2.36. The molecule has 1 saturated carbocycles. The molecule has 33 heavy (non-hydrogen) atoms. The highest BCUT2D eigenvalue weighted by atomic mass is 35.5. The Kier molecular flexibility index (Phi) is 7.07. The van der Waals surface area contributed by atoms with Crippen LogP contribution in [0.4, 0.5) is 5.69 Å². The Morgan fingerprint density at radius 2 is 1.55 bits per heavy atom. The zero-order valence-corrected chi connectivity index (χ0v) is 18.9. The van der Waals surface area contributed by atoms with Crippen molar-refractivity contribution in [3.8, 4) is 17.2 Å². The van der Waals surface area contributed by atoms with Gasteiger partial charge in [-0.05, 0) is 48.7 Å². The van der Waals surface area contributed by atoms with Crippen LogP contribution in [0.1, 0.15) is 58.4 Å². The number of nitrogens with zero attached hydrogens (tertiary/aromatic N) is 1. The van der Waals surface area contributed by atoms with Gasteiger partial charge in [0.05, 0.1) is 22.2 Å². The summed E-state index contributed by atoms with van der Waals surface area (Å²) >= 11 is 6.30. The summed E-state index contributed by atoms with van der Waals surface area (Å²) in [5.41, 5.74) is 3.09. The first kappa shape index (κ1) is 22.6. The normalized spacial score (nSPS) is 13.7. The van der Waals surface area contributed by atoms with Crippen molar-refractivity contribution in [3.05, 3.63) is 88.4 Å². The van der Waals surface area contributed by atoms with Gasteiger partial charge in [-0.25, -0.2) is 0 Å². The Morgan fingerprint density at radius 1 is 0.848 bits per heavy atom. The molecule has 0 saturated heterocycles. The smallest absolute Gasteiger partial charge is 0.256 e. The molecule has 4 rings (SSSR count). The van der Waals surface area contributed by atoms with E-state index in [1.54, 1.807) is 42.5 Å². The minimum atomic E-state index is -0.334. The Morgan fingerprint density at radius 3 is 2.30 bits per heavy atom. The summed E-state index contributed by atoms with van der Waals surface area (Å²) in [5, 5.41) is 15.7. The first-order valence-electron chi connectivity index (χ1n) is 11.1. The van der Waals surface area contributed by atoms with E-state index in [0.29, 0.717) is 38.5 Å². The maximum absolute atomic E-state index is 13.2. The van der Waals surface area contributed by atoms with E-state index in [0.717, 1.165) is 25.7 Å². The molecule has 166 valence electrons. The average molecular weight is 458 g/mol. The van der Waals surface area contributed by atoms with Gasteiger partial charge < -0.3 is 10.6 Å². The zero-order valence-electron chi connectivity index (χ0n) is 18.1. The molecule has 0 bridgehead atoms. The van der Waals surface area contributed by atoms with Crippen molar-refractivity contribution >= 4 is 29.1 Å². The van der Waals surface area contributed by atoms with E-state index in [9.17, 15) is 14.9 Å². The zero-order chi connectivity index (χ0) is 23.2. The number of nitriles is 1. The van der Waals surface area contributed by atoms with Gasteiger partial charge in [-0.1, -0.05) is 67.3 Å². The van der Waals surface area contributed by atoms with E-state index in [4.69, 9.17) is 11.6 Å². The third kappa shape index (κ3) is 5.24. The number of rotatable bonds is 5. The number of nitrogens with one attached hydrogen (secondary N) is 2. The standard InChI is InChI=1S/C27H24ClN3O2/c28-25-15-14-20(16-24(25)27(33)30-19-9-2-1-3-10-19)31-26(32)23-13-7-6-12-22(23)21-11-5-4-8-18(21)17-29/h4-8,11-16,19H,1-3,9-10H2,(H,30,33)(H,31,32). The monoisotopic (exact) mass is 457 g/mol. The number of amides is 2. The van der Waals surface area contributed by atoms with E-state index in [1.165, 1.54) is 6.42 Å². The molecule has 0 spiro atoms. The summed E-state index contributed by atoms with van der Waals surface area (Å²) in [6, 6.07) is 21.5. The maximum atomic E-state index is 13.2. The Labute approximate surface area is 198 Å². The second-order valence-electron chi connectivity index (χ2n) is 8.16. The quantitative estimate of drug-likeness (QED) is 0.479. The number of halogens is 1. The number of hydrogen-bond donors (Lipinski definition) is 2. The van der Waals surface area contributed by atoms with Crippen LogP contribution in [0.5, 0.6) is 0 Å². The van der Waals surface area contributed by atoms with Gasteiger partial charge in [0.2, 0.25) is 0 Å². The molecule has 2 N–H and O–H groups in total. The van der Waals surface area contributed by atoms with Gasteiger partial charge in [-0.2, -0.15) is 5.26 Å². The third-order valence-corrected chi connectivity index (χ3v) is 6.25. The Hall–Kier alpha value is -3.62. The molecule has 0 aromatic heterocycles. The lowest BCUT2D eigenvalue weighted by Gasteiger charge is -2.23. The van der Waals surface area contributed by atoms with Gasteiger partial charge in [-0.15, -0.1) is 0 Å². The maximum Gasteiger partial charge on any atom is 0.256 e. The first-order chi connectivity index (χ1) is 16.1. The molecule has 1 aliphatic rings. The SMILES string of the molecule is N#Cc1ccccc1-c1ccccc1C(=O)Nc1ccc(Cl)c(C(=O)NC2CCCCC2)c1. The topological polar surface area (TPSA) is 82.0 Å². The highest BCUT2D eigenvalue weighted by molar-refractivity contribution is 6.34. The van der Waals surface area contributed by atoms with Crippen LogP contribution in [-0.4, -0.2) is 17.9 Å². The molecule has 0 radical (unpaired) electrons. The van der Waals surface area contributed by atoms with Crippen molar-refractivity contribution in [2.45, 2.75) is 38.1 Å². The number of hydrogen-bond acceptors (Lipinski definition) is 3. The summed E-state index contributed by atoms with van der Waals surface area (Å²) in [6.07, 6.45) is 5.38. The van der Waals surface area contributed by atoms with Crippen LogP contribution in [-0.2, 0) is 0 Å². The lowest BCUT2D eigenvalue weighted by atomic mass is 9.95. The fourth-order valence-electron chi connectivity index (χ4n) is 4.22. The predicted molar refractivity (Wildman–Crippen MR) is 130 cm³/mol. The highest BCUT2D eigenvalue weighted by Gasteiger charge is 2.20. The second kappa shape index (κ2) is 10.3. The molecule has 0 heterocycles. The van der Waals surface area contributed by atoms with Crippen molar-refractivity contribution in [1.82, 2.24) is 5.32 Å². The fraction of sp³-hybridized carbons (Fsp3) is 0.222. The summed E-state index contributed by atoms with van der Waals surface area (Å²) in [7, 11) is 0. The number of carbonyl (C=O) groups is 2. The number of anilines is 1. The van der Waals surface area contributed by atoms with Crippen molar-refractivity contribution < 1.29 is 9.59 Å². The summed E-state index contributed by atoms with van der Waals surface area (Å²) in [6.45, 7) is 0. The molecule has 2 amide bonds. The van der Waals surface area contributed by atoms with Gasteiger partial charge in [0, 0.05) is 22.9 Å². The summed E-state index contributed by atoms with van der Waals surface area (Å²) in [5.74, 6) is -0.564. The minimum Gasteiger partial charge on any atom is -0.349 e. The molecular weight excluding hydrogens is 434 g/mol. The van der Waals surface area contributed by atoms with Gasteiger partial charge >= 0.3 is 0 Å². The molecule has 0 unspecified atom stereocenters. The van der Waals surface area contributed by atoms with Gasteiger partial charge in [0.15, 0.2) is 0 Å². The van der Waals surface area contributed by atoms with Crippen LogP contribution in [0, 0.1) is 11.3 Å². The minimum absolute atomic E-state index is 0.160. The summed E-state index contributed by atoms with van der Waals surface area (Å²) in [4.78, 5) is 26.0. The summed E-state index contributed by atoms with van der Waals surface area (Å²) < 4.78 is 0. The van der Waals surface area contributed by atoms with E-state index in [-0.39, 0.29) is 17.9 Å². The van der Waals surface area contributed by atoms with Crippen LogP contribution >= 0.6 is 11.6 Å². The molecule has 0 atom stereocenters. The Bertz CT molecular complexity index is 1230. The molecular formula is C27H24ClN3O2. The van der Waals surface area contributed by atoms with E-state index < -0.39 is 0 Å². The molecule has 3 aromatic rings. The van der Waals surface area contributed by atoms with Crippen molar-refractivity contribution in [2.75, 3.05) is 5.32 Å². The van der Waals surface area contributed by atoms with Crippen molar-refractivity contribution in [3.63, 3.8) is 0 Å². The van der Waals surface area contributed by atoms with Crippen LogP contribution in [0.3, 0.4) is 0 Å². The van der Waals surface area contributed by atoms with Crippen LogP contribution in [0.25, 0.3) is 11.1 Å². The van der Waals surface area contributed by atoms with Crippen LogP contribution in [0.2, 0.25) is 5.02 Å². The van der Waals surface area contributed by atoms with Crippen LogP contribution in [0.15, 0.2) is 66.7 Å². The average Bonchev–Trinajstić information content (AvgIpc) is 2.85. The highest BCUT2D eigenvalue weighted by Crippen LogP contribution is 2.28. The molecule has 1 aliphatic carbocycles. The largest absolute Gasteiger partial charge is 0.349 e. The lowest BCUT2D eigenvalue weighted by molar-refractivity contribution is 0.0926. The third-order valence-electron chi connectivity index (χ3n) is 5.92. The van der Waals surface area contributed by atoms with E-state index in [2.05, 4.69) is 16.7 Å². The van der Waals surface area contributed by atoms with Gasteiger partial charge in [0.1, 0.15) is 0 Å². The fourth-order valence-corrected chi connectivity index (χ4v) is 4.42. The molecule has 5 nitrogen and oxygen atoms in total. The first-order valence-corrected chi connectivity index (χ1v) is 11.4. The van der Waals surface area contributed by atoms with E-state index in [1.807, 2.05) is 24.3 Å². The molecule has 0 aliphatic heterocycles. The van der Waals surface area contributed by atoms with Gasteiger partial charge in [-0.3, -0.25) is 9.59 Å². The number of benzene rings is 3. The second-order valence-corrected chi connectivity index (χ2v) is 8.57. The molecule has 3 aromatic carbocycles. The number of carbonyl (C=O) groups excluding carboxylic acids is 2. The van der Waals surface area contributed by atoms with Gasteiger partial charge in [0.25, 0.3) is 11.8 Å². The Balaban J connectivity index is 1.57. The van der Waals surface area contributed by atoms with Crippen molar-refractivity contribution in [1.29, 1.82) is 5.26 Å². The molecule has 6 heteroatoms.